The van der Waals surface area contributed by atoms with Gasteiger partial charge in [0.25, 0.3) is 5.91 Å². The van der Waals surface area contributed by atoms with Gasteiger partial charge in [0.15, 0.2) is 23.0 Å². The van der Waals surface area contributed by atoms with Gasteiger partial charge in [0.05, 0.1) is 19.1 Å². The van der Waals surface area contributed by atoms with E-state index in [1.54, 1.807) is 26.8 Å². The second-order valence-electron chi connectivity index (χ2n) is 14.1. The molecule has 0 unspecified atom stereocenters. The predicted octanol–water partition coefficient (Wildman–Crippen LogP) is 9.79. The lowest BCUT2D eigenvalue weighted by molar-refractivity contribution is -0.134. The summed E-state index contributed by atoms with van der Waals surface area (Å²) in [4.78, 5) is 34.5. The van der Waals surface area contributed by atoms with Gasteiger partial charge in [-0.15, -0.1) is 15.0 Å². The maximum Gasteiger partial charge on any atom is 0.358 e. The Hall–Kier alpha value is -6.37. The van der Waals surface area contributed by atoms with Crippen LogP contribution in [-0.2, 0) is 28.0 Å². The van der Waals surface area contributed by atoms with Crippen molar-refractivity contribution in [3.8, 4) is 33.6 Å². The second kappa shape index (κ2) is 17.5. The Bertz CT molecular complexity index is 2630. The third-order valence-corrected chi connectivity index (χ3v) is 12.0. The van der Waals surface area contributed by atoms with Crippen LogP contribution < -0.4 is 0 Å². The minimum atomic E-state index is -0.968. The number of halogens is 2. The summed E-state index contributed by atoms with van der Waals surface area (Å²) in [6.45, 7) is 6.47. The van der Waals surface area contributed by atoms with Crippen LogP contribution in [0.2, 0.25) is 5.15 Å². The molecular formula is C47H41BrClN7O4. The topological polar surface area (TPSA) is 121 Å². The number of likely N-dealkylation sites (N-methyl/N-ethyl adjacent to an activating group) is 1. The highest BCUT2D eigenvalue weighted by atomic mass is 79.9. The van der Waals surface area contributed by atoms with E-state index >= 15 is 0 Å². The molecule has 3 heterocycles. The van der Waals surface area contributed by atoms with Gasteiger partial charge in [-0.1, -0.05) is 134 Å². The third kappa shape index (κ3) is 7.19. The number of amides is 1. The van der Waals surface area contributed by atoms with Crippen LogP contribution in [0, 0.1) is 0 Å². The van der Waals surface area contributed by atoms with Crippen molar-refractivity contribution in [3.63, 3.8) is 0 Å². The SMILES string of the molecule is CCc1nc(Cl)c(C(=O)OCC(=O)N(CC)CC)n1Cc1c2ccocc-2c(Br)c1-c1ccccc1-c1nnn(C(c2ccccc2)(c2ccccc2)c2ccccc2)n1. The van der Waals surface area contributed by atoms with Crippen molar-refractivity contribution in [2.75, 3.05) is 19.7 Å². The van der Waals surface area contributed by atoms with E-state index in [-0.39, 0.29) is 23.3 Å². The van der Waals surface area contributed by atoms with Crippen LogP contribution in [0.1, 0.15) is 59.3 Å². The maximum atomic E-state index is 13.8. The molecule has 0 N–H and O–H groups in total. The number of benzene rings is 4. The van der Waals surface area contributed by atoms with Crippen LogP contribution in [0.3, 0.4) is 0 Å². The molecule has 13 heteroatoms. The Morgan fingerprint density at radius 2 is 1.37 bits per heavy atom. The van der Waals surface area contributed by atoms with Gasteiger partial charge in [-0.3, -0.25) is 4.79 Å². The smallest absolute Gasteiger partial charge is 0.358 e. The van der Waals surface area contributed by atoms with E-state index in [2.05, 4.69) is 57.3 Å². The van der Waals surface area contributed by atoms with Gasteiger partial charge in [-0.2, -0.15) is 0 Å². The molecule has 0 saturated carbocycles. The lowest BCUT2D eigenvalue weighted by atomic mass is 9.77. The number of tetrazole rings is 1. The Kier molecular flexibility index (Phi) is 11.8. The van der Waals surface area contributed by atoms with Crippen LogP contribution in [0.4, 0.5) is 0 Å². The fourth-order valence-corrected chi connectivity index (χ4v) is 9.05. The fraction of sp³-hybridized carbons (Fsp3) is 0.191. The number of fused-ring (bicyclic) bond motifs is 1. The Morgan fingerprint density at radius 3 is 1.95 bits per heavy atom. The van der Waals surface area contributed by atoms with Crippen molar-refractivity contribution in [1.29, 1.82) is 0 Å². The summed E-state index contributed by atoms with van der Waals surface area (Å²) in [7, 11) is 0. The molecule has 0 atom stereocenters. The zero-order valence-corrected chi connectivity index (χ0v) is 35.6. The molecule has 0 bridgehead atoms. The summed E-state index contributed by atoms with van der Waals surface area (Å²) in [6.07, 6.45) is 3.78. The standard InChI is InChI=1S/C47H41BrClN7O4/c1-4-39-50-44(49)43(46(58)60-30-40(57)54(5-2)6-3)55(39)28-37-34-26-27-59-29-38(34)42(48)41(37)35-24-16-17-25-36(35)45-51-53-56(52-45)47(31-18-10-7-11-19-31,32-20-12-8-13-21-32)33-22-14-9-15-23-33/h7-27,29H,4-6,28,30H2,1-3H3. The normalized spacial score (nSPS) is 11.6. The van der Waals surface area contributed by atoms with Crippen molar-refractivity contribution in [3.05, 3.63) is 177 Å². The van der Waals surface area contributed by atoms with E-state index in [1.807, 2.05) is 106 Å². The van der Waals surface area contributed by atoms with E-state index in [1.165, 1.54) is 0 Å². The van der Waals surface area contributed by atoms with Gasteiger partial charge in [-0.05, 0) is 74.4 Å². The van der Waals surface area contributed by atoms with E-state index in [4.69, 9.17) is 36.2 Å². The minimum absolute atomic E-state index is 0.00133. The van der Waals surface area contributed by atoms with Crippen molar-refractivity contribution in [2.45, 2.75) is 39.3 Å². The van der Waals surface area contributed by atoms with Crippen LogP contribution in [0.25, 0.3) is 33.6 Å². The molecule has 1 aliphatic carbocycles. The number of esters is 1. The largest absolute Gasteiger partial charge is 0.472 e. The maximum absolute atomic E-state index is 13.8. The fourth-order valence-electron chi connectivity index (χ4n) is 8.02. The summed E-state index contributed by atoms with van der Waals surface area (Å²) in [5.41, 5.74) is 6.94. The van der Waals surface area contributed by atoms with Crippen LogP contribution in [0.5, 0.6) is 0 Å². The van der Waals surface area contributed by atoms with Gasteiger partial charge in [0.1, 0.15) is 5.82 Å². The molecule has 2 aliphatic rings. The molecule has 0 radical (unpaired) electrons. The lowest BCUT2D eigenvalue weighted by Crippen LogP contribution is -2.39. The van der Waals surface area contributed by atoms with Crippen LogP contribution >= 0.6 is 27.5 Å². The molecular weight excluding hydrogens is 842 g/mol. The second-order valence-corrected chi connectivity index (χ2v) is 15.2. The molecule has 60 heavy (non-hydrogen) atoms. The number of carbonyl (C=O) groups excluding carboxylic acids is 2. The summed E-state index contributed by atoms with van der Waals surface area (Å²) in [5.74, 6) is -0.0401. The Balaban J connectivity index is 1.27. The summed E-state index contributed by atoms with van der Waals surface area (Å²) in [5, 5.41) is 14.8. The first-order valence-corrected chi connectivity index (χ1v) is 20.9. The lowest BCUT2D eigenvalue weighted by Gasteiger charge is -2.34. The quantitative estimate of drug-likeness (QED) is 0.0782. The first-order chi connectivity index (χ1) is 29.3. The number of hydrogen-bond donors (Lipinski definition) is 0. The Morgan fingerprint density at radius 1 is 0.783 bits per heavy atom. The number of rotatable bonds is 14. The molecule has 0 fully saturated rings. The monoisotopic (exact) mass is 881 g/mol. The molecule has 4 aromatic carbocycles. The van der Waals surface area contributed by atoms with Gasteiger partial charge >= 0.3 is 5.97 Å². The summed E-state index contributed by atoms with van der Waals surface area (Å²) < 4.78 is 13.8. The van der Waals surface area contributed by atoms with Crippen LogP contribution in [0.15, 0.2) is 143 Å². The molecule has 8 rings (SSSR count). The van der Waals surface area contributed by atoms with E-state index in [9.17, 15) is 9.59 Å². The highest BCUT2D eigenvalue weighted by Crippen LogP contribution is 2.49. The zero-order valence-electron chi connectivity index (χ0n) is 33.3. The number of carbonyl (C=O) groups is 2. The molecule has 1 aliphatic heterocycles. The molecule has 302 valence electrons. The summed E-state index contributed by atoms with van der Waals surface area (Å²) in [6, 6.07) is 40.4. The number of ether oxygens (including phenoxy) is 1. The average Bonchev–Trinajstić information content (AvgIpc) is 3.99. The first kappa shape index (κ1) is 40.4. The molecule has 11 nitrogen and oxygen atoms in total. The number of aromatic nitrogens is 6. The van der Waals surface area contributed by atoms with Gasteiger partial charge in [0, 0.05) is 40.7 Å². The molecule has 0 saturated heterocycles. The zero-order chi connectivity index (χ0) is 41.8. The number of imidazole rings is 1. The van der Waals surface area contributed by atoms with Gasteiger partial charge in [0.2, 0.25) is 5.82 Å². The molecule has 2 aromatic heterocycles. The van der Waals surface area contributed by atoms with Crippen LogP contribution in [-0.4, -0.2) is 66.2 Å². The van der Waals surface area contributed by atoms with Crippen molar-refractivity contribution >= 4 is 39.4 Å². The number of nitrogens with zero attached hydrogens (tertiary/aromatic N) is 7. The number of hydrogen-bond acceptors (Lipinski definition) is 8. The van der Waals surface area contributed by atoms with E-state index < -0.39 is 18.1 Å². The molecule has 1 amide bonds. The minimum Gasteiger partial charge on any atom is -0.472 e. The van der Waals surface area contributed by atoms with E-state index in [0.29, 0.717) is 31.2 Å². The van der Waals surface area contributed by atoms with Gasteiger partial charge < -0.3 is 18.6 Å². The molecule has 6 aromatic rings. The highest BCUT2D eigenvalue weighted by molar-refractivity contribution is 9.10. The van der Waals surface area contributed by atoms with Crippen molar-refractivity contribution in [2.24, 2.45) is 0 Å². The summed E-state index contributed by atoms with van der Waals surface area (Å²) >= 11 is 10.6. The van der Waals surface area contributed by atoms with Crippen molar-refractivity contribution < 1.29 is 18.7 Å². The third-order valence-electron chi connectivity index (χ3n) is 10.9. The van der Waals surface area contributed by atoms with Gasteiger partial charge in [-0.25, -0.2) is 9.78 Å². The highest BCUT2D eigenvalue weighted by Gasteiger charge is 2.41. The number of aryl methyl sites for hydroxylation is 1. The van der Waals surface area contributed by atoms with E-state index in [0.717, 1.165) is 54.5 Å². The first-order valence-electron chi connectivity index (χ1n) is 19.7. The average molecular weight is 883 g/mol. The predicted molar refractivity (Wildman–Crippen MR) is 234 cm³/mol. The Labute approximate surface area is 361 Å². The van der Waals surface area contributed by atoms with Crippen molar-refractivity contribution in [1.82, 2.24) is 34.7 Å². The molecule has 0 spiro atoms.